The normalized spacial score (nSPS) is 11.4. The van der Waals surface area contributed by atoms with E-state index in [-0.39, 0.29) is 10.0 Å². The lowest BCUT2D eigenvalue weighted by Gasteiger charge is -2.05. The quantitative estimate of drug-likeness (QED) is 0.728. The molecule has 0 spiro atoms. The van der Waals surface area contributed by atoms with Gasteiger partial charge in [-0.1, -0.05) is 25.5 Å². The number of rotatable bonds is 6. The lowest BCUT2D eigenvalue weighted by Crippen LogP contribution is -2.12. The fraction of sp³-hybridized carbons (Fsp3) is 0.188. The van der Waals surface area contributed by atoms with Crippen molar-refractivity contribution in [2.75, 3.05) is 4.72 Å². The van der Waals surface area contributed by atoms with Gasteiger partial charge in [-0.25, -0.2) is 8.42 Å². The zero-order chi connectivity index (χ0) is 17.0. The Bertz CT molecular complexity index is 907. The molecule has 0 bridgehead atoms. The first-order valence-electron chi connectivity index (χ1n) is 7.44. The molecule has 0 aliphatic rings. The fourth-order valence-electron chi connectivity index (χ4n) is 2.18. The van der Waals surface area contributed by atoms with Crippen LogP contribution in [0.25, 0.3) is 11.4 Å². The van der Waals surface area contributed by atoms with Gasteiger partial charge in [-0.2, -0.15) is 9.36 Å². The van der Waals surface area contributed by atoms with Gasteiger partial charge in [0.25, 0.3) is 10.0 Å². The van der Waals surface area contributed by atoms with Crippen LogP contribution in [-0.4, -0.2) is 22.8 Å². The third-order valence-electron chi connectivity index (χ3n) is 3.34. The van der Waals surface area contributed by atoms with Gasteiger partial charge in [0.1, 0.15) is 0 Å². The highest BCUT2D eigenvalue weighted by Gasteiger charge is 2.17. The number of nitrogens with one attached hydrogen (secondary N) is 1. The molecule has 0 saturated carbocycles. The predicted molar refractivity (Wildman–Crippen MR) is 94.4 cm³/mol. The average Bonchev–Trinajstić information content (AvgIpc) is 3.04. The maximum Gasteiger partial charge on any atom is 0.263 e. The van der Waals surface area contributed by atoms with Crippen molar-refractivity contribution in [3.63, 3.8) is 0 Å². The van der Waals surface area contributed by atoms with Crippen molar-refractivity contribution in [1.29, 1.82) is 0 Å². The molecule has 0 aliphatic carbocycles. The van der Waals surface area contributed by atoms with Crippen LogP contribution in [0.3, 0.4) is 0 Å². The number of benzene rings is 1. The highest BCUT2D eigenvalue weighted by Crippen LogP contribution is 2.23. The number of aryl methyl sites for hydroxylation is 1. The molecule has 24 heavy (non-hydrogen) atoms. The molecule has 6 nitrogen and oxygen atoms in total. The maximum atomic E-state index is 12.4. The molecule has 0 amide bonds. The zero-order valence-corrected chi connectivity index (χ0v) is 14.6. The van der Waals surface area contributed by atoms with Gasteiger partial charge in [-0.15, -0.1) is 0 Å². The van der Waals surface area contributed by atoms with Gasteiger partial charge in [0, 0.05) is 29.5 Å². The van der Waals surface area contributed by atoms with Crippen LogP contribution in [-0.2, 0) is 16.4 Å². The third-order valence-corrected chi connectivity index (χ3v) is 5.45. The van der Waals surface area contributed by atoms with Gasteiger partial charge in [0.2, 0.25) is 5.13 Å². The van der Waals surface area contributed by atoms with Crippen LogP contribution in [0.4, 0.5) is 5.13 Å². The Kier molecular flexibility index (Phi) is 4.86. The number of nitrogens with zero attached hydrogens (tertiary/aromatic N) is 3. The summed E-state index contributed by atoms with van der Waals surface area (Å²) in [6.45, 7) is 2.08. The molecular formula is C16H16N4O2S2. The van der Waals surface area contributed by atoms with Gasteiger partial charge in [0.15, 0.2) is 5.82 Å². The van der Waals surface area contributed by atoms with Crippen LogP contribution in [0.2, 0.25) is 0 Å². The first kappa shape index (κ1) is 16.5. The van der Waals surface area contributed by atoms with E-state index in [2.05, 4.69) is 26.0 Å². The second-order valence-corrected chi connectivity index (χ2v) is 7.60. The van der Waals surface area contributed by atoms with Crippen LogP contribution in [0, 0.1) is 0 Å². The van der Waals surface area contributed by atoms with Crippen molar-refractivity contribution in [2.24, 2.45) is 0 Å². The summed E-state index contributed by atoms with van der Waals surface area (Å²) in [5, 5.41) is 0.228. The Morgan fingerprint density at radius 2 is 1.96 bits per heavy atom. The second kappa shape index (κ2) is 7.06. The van der Waals surface area contributed by atoms with E-state index in [4.69, 9.17) is 0 Å². The van der Waals surface area contributed by atoms with E-state index in [1.54, 1.807) is 30.6 Å². The van der Waals surface area contributed by atoms with E-state index in [9.17, 15) is 8.42 Å². The summed E-state index contributed by atoms with van der Waals surface area (Å²) >= 11 is 0.998. The highest BCUT2D eigenvalue weighted by atomic mass is 32.2. The molecule has 0 saturated heterocycles. The molecule has 2 heterocycles. The van der Waals surface area contributed by atoms with Crippen molar-refractivity contribution in [3.8, 4) is 11.4 Å². The number of pyridine rings is 1. The minimum Gasteiger partial charge on any atom is -0.264 e. The SMILES string of the molecule is CCCc1ccc(S(=O)(=O)Nc2nc(-c3cccnc3)ns2)cc1. The van der Waals surface area contributed by atoms with Crippen LogP contribution in [0.1, 0.15) is 18.9 Å². The Morgan fingerprint density at radius 3 is 2.62 bits per heavy atom. The molecule has 0 aliphatic heterocycles. The van der Waals surface area contributed by atoms with E-state index in [1.807, 2.05) is 18.2 Å². The lowest BCUT2D eigenvalue weighted by molar-refractivity contribution is 0.601. The average molecular weight is 360 g/mol. The standard InChI is InChI=1S/C16H16N4O2S2/c1-2-4-12-6-8-14(9-7-12)24(21,22)20-16-18-15(19-23-16)13-5-3-10-17-11-13/h3,5-11H,2,4H2,1H3,(H,18,19,20). The number of hydrogen-bond acceptors (Lipinski definition) is 6. The highest BCUT2D eigenvalue weighted by molar-refractivity contribution is 7.93. The molecule has 0 radical (unpaired) electrons. The van der Waals surface area contributed by atoms with E-state index in [0.717, 1.165) is 35.5 Å². The minimum atomic E-state index is -3.67. The summed E-state index contributed by atoms with van der Waals surface area (Å²) in [4.78, 5) is 8.43. The second-order valence-electron chi connectivity index (χ2n) is 5.16. The fourth-order valence-corrected chi connectivity index (χ4v) is 3.99. The number of aromatic nitrogens is 3. The summed E-state index contributed by atoms with van der Waals surface area (Å²) < 4.78 is 31.5. The summed E-state index contributed by atoms with van der Waals surface area (Å²) in [7, 11) is -3.67. The van der Waals surface area contributed by atoms with Crippen LogP contribution < -0.4 is 4.72 Å². The Labute approximate surface area is 144 Å². The van der Waals surface area contributed by atoms with Gasteiger partial charge < -0.3 is 0 Å². The predicted octanol–water partition coefficient (Wildman–Crippen LogP) is 3.35. The molecule has 0 fully saturated rings. The van der Waals surface area contributed by atoms with Gasteiger partial charge >= 0.3 is 0 Å². The van der Waals surface area contributed by atoms with Crippen LogP contribution in [0.15, 0.2) is 53.7 Å². The maximum absolute atomic E-state index is 12.4. The van der Waals surface area contributed by atoms with Crippen molar-refractivity contribution >= 4 is 26.7 Å². The van der Waals surface area contributed by atoms with Gasteiger partial charge in [-0.05, 0) is 36.2 Å². The van der Waals surface area contributed by atoms with E-state index < -0.39 is 10.0 Å². The first-order valence-corrected chi connectivity index (χ1v) is 9.70. The van der Waals surface area contributed by atoms with Crippen LogP contribution >= 0.6 is 11.5 Å². The minimum absolute atomic E-state index is 0.209. The van der Waals surface area contributed by atoms with Crippen molar-refractivity contribution in [2.45, 2.75) is 24.7 Å². The van der Waals surface area contributed by atoms with E-state index in [1.165, 1.54) is 0 Å². The summed E-state index contributed by atoms with van der Waals surface area (Å²) in [5.41, 5.74) is 1.86. The lowest BCUT2D eigenvalue weighted by atomic mass is 10.1. The number of anilines is 1. The van der Waals surface area contributed by atoms with E-state index in [0.29, 0.717) is 5.82 Å². The molecule has 8 heteroatoms. The number of sulfonamides is 1. The third kappa shape index (κ3) is 3.77. The summed E-state index contributed by atoms with van der Waals surface area (Å²) in [5.74, 6) is 0.448. The molecule has 0 atom stereocenters. The molecule has 3 aromatic rings. The van der Waals surface area contributed by atoms with Crippen molar-refractivity contribution in [3.05, 3.63) is 54.4 Å². The van der Waals surface area contributed by atoms with Crippen molar-refractivity contribution in [1.82, 2.24) is 14.3 Å². The zero-order valence-electron chi connectivity index (χ0n) is 13.0. The molecule has 1 aromatic carbocycles. The molecule has 1 N–H and O–H groups in total. The largest absolute Gasteiger partial charge is 0.264 e. The van der Waals surface area contributed by atoms with Gasteiger partial charge in [0.05, 0.1) is 4.90 Å². The Balaban J connectivity index is 1.78. The molecular weight excluding hydrogens is 344 g/mol. The van der Waals surface area contributed by atoms with Crippen molar-refractivity contribution < 1.29 is 8.42 Å². The molecule has 0 unspecified atom stereocenters. The Morgan fingerprint density at radius 1 is 1.17 bits per heavy atom. The molecule has 2 aromatic heterocycles. The monoisotopic (exact) mass is 360 g/mol. The molecule has 124 valence electrons. The topological polar surface area (TPSA) is 84.8 Å². The smallest absolute Gasteiger partial charge is 0.263 e. The summed E-state index contributed by atoms with van der Waals surface area (Å²) in [6, 6.07) is 10.5. The molecule has 3 rings (SSSR count). The Hall–Kier alpha value is -2.32. The van der Waals surface area contributed by atoms with Gasteiger partial charge in [-0.3, -0.25) is 9.71 Å². The number of hydrogen-bond donors (Lipinski definition) is 1. The van der Waals surface area contributed by atoms with E-state index >= 15 is 0 Å². The first-order chi connectivity index (χ1) is 11.6. The van der Waals surface area contributed by atoms with Crippen LogP contribution in [0.5, 0.6) is 0 Å². The summed E-state index contributed by atoms with van der Waals surface area (Å²) in [6.07, 6.45) is 5.24.